The van der Waals surface area contributed by atoms with Crippen molar-refractivity contribution in [3.63, 3.8) is 0 Å². The van der Waals surface area contributed by atoms with Crippen LogP contribution in [-0.2, 0) is 9.59 Å². The van der Waals surface area contributed by atoms with Crippen LogP contribution in [0.5, 0.6) is 0 Å². The number of nitrogens with one attached hydrogen (secondary N) is 2. The summed E-state index contributed by atoms with van der Waals surface area (Å²) in [5.74, 6) is -1.01. The molecule has 1 aliphatic rings. The van der Waals surface area contributed by atoms with Crippen molar-refractivity contribution >= 4 is 45.9 Å². The molecule has 1 heterocycles. The van der Waals surface area contributed by atoms with Gasteiger partial charge < -0.3 is 21.7 Å². The number of rotatable bonds is 7. The quantitative estimate of drug-likeness (QED) is 0.372. The minimum atomic E-state index is -0.469. The van der Waals surface area contributed by atoms with E-state index in [-0.39, 0.29) is 11.6 Å². The maximum absolute atomic E-state index is 12.8. The highest BCUT2D eigenvalue weighted by Crippen LogP contribution is 2.36. The number of primary amides is 1. The van der Waals surface area contributed by atoms with E-state index in [1.165, 1.54) is 21.7 Å². The number of anilines is 1. The second kappa shape index (κ2) is 9.27. The Bertz CT molecular complexity index is 1070. The molecule has 0 saturated carbocycles. The fraction of sp³-hybridized carbons (Fsp3) is 0.286. The Kier molecular flexibility index (Phi) is 6.71. The average molecular weight is 443 g/mol. The summed E-state index contributed by atoms with van der Waals surface area (Å²) < 4.78 is 0. The Morgan fingerprint density at radius 2 is 1.81 bits per heavy atom. The molecule has 31 heavy (non-hydrogen) atoms. The van der Waals surface area contributed by atoms with Gasteiger partial charge in [0.05, 0.1) is 0 Å². The topological polar surface area (TPSA) is 134 Å². The predicted molar refractivity (Wildman–Crippen MR) is 123 cm³/mol. The lowest BCUT2D eigenvalue weighted by molar-refractivity contribution is -0.127. The van der Waals surface area contributed by atoms with Gasteiger partial charge in [0.25, 0.3) is 5.91 Å². The van der Waals surface area contributed by atoms with Crippen molar-refractivity contribution in [1.82, 2.24) is 15.3 Å². The Hall–Kier alpha value is -3.24. The van der Waals surface area contributed by atoms with E-state index in [0.717, 1.165) is 16.5 Å². The maximum atomic E-state index is 12.8. The van der Waals surface area contributed by atoms with Crippen LogP contribution in [-0.4, -0.2) is 60.1 Å². The van der Waals surface area contributed by atoms with Gasteiger partial charge in [-0.1, -0.05) is 23.9 Å². The average Bonchev–Trinajstić information content (AvgIpc) is 3.05. The number of amides is 3. The molecule has 164 valence electrons. The molecule has 10 heteroatoms. The lowest BCUT2D eigenvalue weighted by Gasteiger charge is -2.18. The first-order valence-corrected chi connectivity index (χ1v) is 10.6. The molecule has 1 fully saturated rings. The van der Waals surface area contributed by atoms with Crippen molar-refractivity contribution in [2.24, 2.45) is 11.5 Å². The minimum Gasteiger partial charge on any atom is -0.392 e. The SMILES string of the molecule is CCN1C(=O)[C@@H](CNc2ccc3cc(C(N)=O)ccc3c2)S/C1=C(/N)C(=O)NN(C)C. The maximum Gasteiger partial charge on any atom is 0.284 e. The van der Waals surface area contributed by atoms with Gasteiger partial charge in [0, 0.05) is 38.4 Å². The summed E-state index contributed by atoms with van der Waals surface area (Å²) in [6.45, 7) is 2.64. The van der Waals surface area contributed by atoms with Crippen molar-refractivity contribution in [3.05, 3.63) is 52.7 Å². The second-order valence-electron chi connectivity index (χ2n) is 7.27. The van der Waals surface area contributed by atoms with Crippen LogP contribution in [0.2, 0.25) is 0 Å². The van der Waals surface area contributed by atoms with Gasteiger partial charge in [-0.25, -0.2) is 5.01 Å². The van der Waals surface area contributed by atoms with Crippen LogP contribution in [0.1, 0.15) is 17.3 Å². The molecule has 6 N–H and O–H groups in total. The molecule has 0 bridgehead atoms. The van der Waals surface area contributed by atoms with Crippen LogP contribution in [0.3, 0.4) is 0 Å². The number of hydrogen-bond donors (Lipinski definition) is 4. The zero-order valence-electron chi connectivity index (χ0n) is 17.6. The first kappa shape index (κ1) is 22.4. The van der Waals surface area contributed by atoms with Crippen molar-refractivity contribution in [2.75, 3.05) is 32.5 Å². The van der Waals surface area contributed by atoms with E-state index in [1.54, 1.807) is 26.2 Å². The minimum absolute atomic E-state index is 0.0207. The van der Waals surface area contributed by atoms with E-state index in [2.05, 4.69) is 10.7 Å². The van der Waals surface area contributed by atoms with Gasteiger partial charge in [0.2, 0.25) is 11.8 Å². The molecule has 1 saturated heterocycles. The predicted octanol–water partition coefficient (Wildman–Crippen LogP) is 1.04. The van der Waals surface area contributed by atoms with Crippen molar-refractivity contribution < 1.29 is 14.4 Å². The lowest BCUT2D eigenvalue weighted by Crippen LogP contribution is -2.40. The summed E-state index contributed by atoms with van der Waals surface area (Å²) in [5, 5.41) is 6.68. The first-order valence-electron chi connectivity index (χ1n) is 9.74. The number of carbonyl (C=O) groups excluding carboxylic acids is 3. The Morgan fingerprint density at radius 3 is 2.45 bits per heavy atom. The molecule has 0 unspecified atom stereocenters. The number of carbonyl (C=O) groups is 3. The van der Waals surface area contributed by atoms with Crippen LogP contribution in [0.25, 0.3) is 10.8 Å². The number of nitrogens with zero attached hydrogens (tertiary/aromatic N) is 2. The van der Waals surface area contributed by atoms with Gasteiger partial charge in [-0.3, -0.25) is 19.8 Å². The highest BCUT2D eigenvalue weighted by molar-refractivity contribution is 8.04. The van der Waals surface area contributed by atoms with Crippen LogP contribution >= 0.6 is 11.8 Å². The monoisotopic (exact) mass is 442 g/mol. The van der Waals surface area contributed by atoms with E-state index in [4.69, 9.17) is 11.5 Å². The Morgan fingerprint density at radius 1 is 1.13 bits per heavy atom. The number of thioether (sulfide) groups is 1. The number of nitrogens with two attached hydrogens (primary N) is 2. The van der Waals surface area contributed by atoms with E-state index in [0.29, 0.717) is 23.7 Å². The number of hydrazine groups is 1. The molecule has 0 aliphatic carbocycles. The summed E-state index contributed by atoms with van der Waals surface area (Å²) in [6.07, 6.45) is 0. The number of fused-ring (bicyclic) bond motifs is 1. The summed E-state index contributed by atoms with van der Waals surface area (Å²) in [4.78, 5) is 38.0. The third kappa shape index (κ3) is 4.92. The first-order chi connectivity index (χ1) is 14.7. The van der Waals surface area contributed by atoms with Gasteiger partial charge in [-0.05, 0) is 42.0 Å². The smallest absolute Gasteiger partial charge is 0.284 e. The van der Waals surface area contributed by atoms with Crippen molar-refractivity contribution in [2.45, 2.75) is 12.2 Å². The van der Waals surface area contributed by atoms with Crippen molar-refractivity contribution in [1.29, 1.82) is 0 Å². The summed E-state index contributed by atoms with van der Waals surface area (Å²) in [5.41, 5.74) is 15.3. The molecule has 0 radical (unpaired) electrons. The summed E-state index contributed by atoms with van der Waals surface area (Å²) in [7, 11) is 3.37. The third-order valence-corrected chi connectivity index (χ3v) is 6.09. The van der Waals surface area contributed by atoms with Crippen LogP contribution < -0.4 is 22.2 Å². The zero-order chi connectivity index (χ0) is 22.7. The summed E-state index contributed by atoms with van der Waals surface area (Å²) in [6, 6.07) is 11.0. The molecular weight excluding hydrogens is 416 g/mol. The van der Waals surface area contributed by atoms with Crippen LogP contribution in [0.4, 0.5) is 5.69 Å². The van der Waals surface area contributed by atoms with E-state index in [9.17, 15) is 14.4 Å². The Balaban J connectivity index is 1.74. The van der Waals surface area contributed by atoms with Gasteiger partial charge in [-0.2, -0.15) is 0 Å². The highest BCUT2D eigenvalue weighted by Gasteiger charge is 2.38. The van der Waals surface area contributed by atoms with E-state index < -0.39 is 17.1 Å². The number of benzene rings is 2. The van der Waals surface area contributed by atoms with Gasteiger partial charge in [0.15, 0.2) is 0 Å². The van der Waals surface area contributed by atoms with E-state index >= 15 is 0 Å². The highest BCUT2D eigenvalue weighted by atomic mass is 32.2. The molecule has 9 nitrogen and oxygen atoms in total. The molecular formula is C21H26N6O3S. The normalized spacial score (nSPS) is 17.9. The van der Waals surface area contributed by atoms with Crippen molar-refractivity contribution in [3.8, 4) is 0 Å². The van der Waals surface area contributed by atoms with Crippen LogP contribution in [0, 0.1) is 0 Å². The lowest BCUT2D eigenvalue weighted by atomic mass is 10.1. The Labute approximate surface area is 184 Å². The fourth-order valence-electron chi connectivity index (χ4n) is 3.24. The molecule has 3 rings (SSSR count). The van der Waals surface area contributed by atoms with E-state index in [1.807, 2.05) is 31.2 Å². The molecule has 0 aromatic heterocycles. The summed E-state index contributed by atoms with van der Waals surface area (Å²) >= 11 is 1.28. The molecule has 1 aliphatic heterocycles. The largest absolute Gasteiger partial charge is 0.392 e. The molecule has 3 amide bonds. The molecule has 1 atom stereocenters. The standard InChI is InChI=1S/C21H26N6O3S/c1-4-27-20(30)16(31-21(27)17(22)19(29)25-26(2)3)11-24-15-8-7-12-9-14(18(23)28)6-5-13(12)10-15/h5-10,16,24H,4,11,22H2,1-3H3,(H2,23,28)(H,25,29)/b21-17+/t16-/m1/s1. The fourth-order valence-corrected chi connectivity index (χ4v) is 4.47. The third-order valence-electron chi connectivity index (χ3n) is 4.77. The zero-order valence-corrected chi connectivity index (χ0v) is 18.5. The van der Waals surface area contributed by atoms with Crippen LogP contribution in [0.15, 0.2) is 47.1 Å². The second-order valence-corrected chi connectivity index (χ2v) is 8.46. The van der Waals surface area contributed by atoms with Gasteiger partial charge in [0.1, 0.15) is 16.0 Å². The van der Waals surface area contributed by atoms with Gasteiger partial charge >= 0.3 is 0 Å². The molecule has 0 spiro atoms. The number of hydrogen-bond acceptors (Lipinski definition) is 7. The molecule has 2 aromatic rings. The van der Waals surface area contributed by atoms with Gasteiger partial charge in [-0.15, -0.1) is 0 Å². The molecule has 2 aromatic carbocycles.